The lowest BCUT2D eigenvalue weighted by Crippen LogP contribution is -2.38. The van der Waals surface area contributed by atoms with Crippen molar-refractivity contribution in [1.29, 1.82) is 0 Å². The fraction of sp³-hybridized carbons (Fsp3) is 0.0606. The van der Waals surface area contributed by atoms with Crippen LogP contribution in [-0.4, -0.2) is 25.0 Å². The number of hydrogen-bond acceptors (Lipinski definition) is 3. The fourth-order valence-electron chi connectivity index (χ4n) is 4.83. The van der Waals surface area contributed by atoms with Gasteiger partial charge in [-0.15, -0.1) is 0 Å². The summed E-state index contributed by atoms with van der Waals surface area (Å²) in [5, 5.41) is 3.60. The minimum absolute atomic E-state index is 0.150. The highest BCUT2D eigenvalue weighted by atomic mass is 32.2. The average Bonchev–Trinajstić information content (AvgIpc) is 2.97. The van der Waals surface area contributed by atoms with Crippen molar-refractivity contribution in [3.8, 4) is 0 Å². The second-order valence-electron chi connectivity index (χ2n) is 9.01. The Bertz CT molecular complexity index is 1470. The SMILES string of the molecule is CS(=O)(=O)O.O=C(c1ccccc1)C(c1ccccc1)[P+](c1ccccc1)(c1ccccc1)c1ccccc1. The summed E-state index contributed by atoms with van der Waals surface area (Å²) in [5.41, 5.74) is 1.42. The van der Waals surface area contributed by atoms with E-state index in [0.717, 1.165) is 11.1 Å². The van der Waals surface area contributed by atoms with Crippen LogP contribution in [0.5, 0.6) is 0 Å². The second-order valence-corrected chi connectivity index (χ2v) is 14.0. The summed E-state index contributed by atoms with van der Waals surface area (Å²) < 4.78 is 25.9. The van der Waals surface area contributed by atoms with Gasteiger partial charge in [-0.25, -0.2) is 0 Å². The molecule has 0 heterocycles. The van der Waals surface area contributed by atoms with Gasteiger partial charge in [0.1, 0.15) is 23.2 Å². The Kier molecular flexibility index (Phi) is 9.21. The predicted molar refractivity (Wildman–Crippen MR) is 163 cm³/mol. The Morgan fingerprint density at radius 1 is 0.564 bits per heavy atom. The second kappa shape index (κ2) is 12.8. The molecule has 0 aliphatic carbocycles. The van der Waals surface area contributed by atoms with Crippen molar-refractivity contribution in [2.45, 2.75) is 5.66 Å². The normalized spacial score (nSPS) is 12.1. The zero-order chi connectivity index (χ0) is 27.7. The molecule has 0 amide bonds. The van der Waals surface area contributed by atoms with E-state index in [1.807, 2.05) is 66.7 Å². The van der Waals surface area contributed by atoms with Crippen LogP contribution < -0.4 is 15.9 Å². The van der Waals surface area contributed by atoms with Crippen molar-refractivity contribution in [1.82, 2.24) is 0 Å². The van der Waals surface area contributed by atoms with E-state index < -0.39 is 17.4 Å². The van der Waals surface area contributed by atoms with E-state index in [1.165, 1.54) is 15.9 Å². The quantitative estimate of drug-likeness (QED) is 0.150. The Morgan fingerprint density at radius 3 is 1.18 bits per heavy atom. The topological polar surface area (TPSA) is 71.4 Å². The number of rotatable bonds is 7. The number of carbonyl (C=O) groups is 1. The fourth-order valence-corrected chi connectivity index (χ4v) is 9.67. The summed E-state index contributed by atoms with van der Waals surface area (Å²) >= 11 is 0. The molecular weight excluding hydrogens is 523 g/mol. The van der Waals surface area contributed by atoms with Crippen LogP contribution in [0.1, 0.15) is 21.6 Å². The third kappa shape index (κ3) is 6.76. The molecule has 0 saturated heterocycles. The summed E-state index contributed by atoms with van der Waals surface area (Å²) in [6.07, 6.45) is 0.715. The maximum atomic E-state index is 14.5. The van der Waals surface area contributed by atoms with Gasteiger partial charge in [-0.05, 0) is 36.4 Å². The molecule has 1 N–H and O–H groups in total. The Hall–Kier alpha value is -3.89. The van der Waals surface area contributed by atoms with Crippen LogP contribution in [0.25, 0.3) is 0 Å². The molecule has 0 aliphatic rings. The molecule has 6 heteroatoms. The van der Waals surface area contributed by atoms with Crippen molar-refractivity contribution >= 4 is 39.1 Å². The van der Waals surface area contributed by atoms with Crippen LogP contribution >= 0.6 is 7.26 Å². The molecule has 0 saturated carbocycles. The van der Waals surface area contributed by atoms with Crippen molar-refractivity contribution in [2.24, 2.45) is 0 Å². The lowest BCUT2D eigenvalue weighted by Gasteiger charge is -2.34. The van der Waals surface area contributed by atoms with Crippen LogP contribution in [0.15, 0.2) is 152 Å². The first-order chi connectivity index (χ1) is 18.8. The van der Waals surface area contributed by atoms with Gasteiger partial charge in [0.05, 0.1) is 6.26 Å². The van der Waals surface area contributed by atoms with E-state index in [2.05, 4.69) is 84.9 Å². The molecule has 196 valence electrons. The first-order valence-electron chi connectivity index (χ1n) is 12.4. The predicted octanol–water partition coefficient (Wildman–Crippen LogP) is 6.11. The molecule has 0 fully saturated rings. The average molecular weight is 554 g/mol. The first-order valence-corrected chi connectivity index (χ1v) is 16.1. The lowest BCUT2D eigenvalue weighted by molar-refractivity contribution is 0.0987. The van der Waals surface area contributed by atoms with Gasteiger partial charge in [0.15, 0.2) is 5.66 Å². The summed E-state index contributed by atoms with van der Waals surface area (Å²) in [4.78, 5) is 14.5. The number of carbonyl (C=O) groups excluding carboxylic acids is 1. The zero-order valence-electron chi connectivity index (χ0n) is 21.5. The monoisotopic (exact) mass is 553 g/mol. The molecule has 5 rings (SSSR count). The number of ketones is 1. The third-order valence-electron chi connectivity index (χ3n) is 6.30. The van der Waals surface area contributed by atoms with E-state index in [1.54, 1.807) is 0 Å². The third-order valence-corrected chi connectivity index (χ3v) is 10.9. The number of Topliss-reactive ketones (excluding diaryl/α,β-unsaturated/α-hetero) is 1. The molecule has 0 aromatic heterocycles. The van der Waals surface area contributed by atoms with Gasteiger partial charge in [0, 0.05) is 11.1 Å². The minimum Gasteiger partial charge on any atom is -0.289 e. The van der Waals surface area contributed by atoms with Gasteiger partial charge in [-0.3, -0.25) is 9.35 Å². The molecule has 0 spiro atoms. The van der Waals surface area contributed by atoms with E-state index >= 15 is 0 Å². The summed E-state index contributed by atoms with van der Waals surface area (Å²) in [6, 6.07) is 51.9. The highest BCUT2D eigenvalue weighted by Crippen LogP contribution is 2.67. The Labute approximate surface area is 231 Å². The molecule has 1 unspecified atom stereocenters. The van der Waals surface area contributed by atoms with Gasteiger partial charge in [0.2, 0.25) is 5.78 Å². The number of hydrogen-bond donors (Lipinski definition) is 1. The molecule has 0 radical (unpaired) electrons. The lowest BCUT2D eigenvalue weighted by atomic mass is 10.0. The van der Waals surface area contributed by atoms with Crippen molar-refractivity contribution in [3.63, 3.8) is 0 Å². The van der Waals surface area contributed by atoms with Gasteiger partial charge in [-0.1, -0.05) is 115 Å². The van der Waals surface area contributed by atoms with Crippen LogP contribution in [0.2, 0.25) is 0 Å². The maximum absolute atomic E-state index is 14.5. The van der Waals surface area contributed by atoms with Crippen LogP contribution in [0, 0.1) is 0 Å². The van der Waals surface area contributed by atoms with Crippen molar-refractivity contribution < 1.29 is 17.8 Å². The molecule has 0 aliphatic heterocycles. The van der Waals surface area contributed by atoms with E-state index in [4.69, 9.17) is 4.55 Å². The van der Waals surface area contributed by atoms with Crippen LogP contribution in [-0.2, 0) is 10.1 Å². The molecule has 39 heavy (non-hydrogen) atoms. The summed E-state index contributed by atoms with van der Waals surface area (Å²) in [6.45, 7) is 0. The molecule has 4 nitrogen and oxygen atoms in total. The number of benzene rings is 5. The molecule has 5 aromatic carbocycles. The highest BCUT2D eigenvalue weighted by Gasteiger charge is 2.56. The molecule has 1 atom stereocenters. The van der Waals surface area contributed by atoms with E-state index in [9.17, 15) is 13.2 Å². The van der Waals surface area contributed by atoms with Crippen molar-refractivity contribution in [2.75, 3.05) is 6.26 Å². The molecule has 0 bridgehead atoms. The molecule has 5 aromatic rings. The first kappa shape index (κ1) is 28.1. The maximum Gasteiger partial charge on any atom is 0.261 e. The van der Waals surface area contributed by atoms with E-state index in [0.29, 0.717) is 6.26 Å². The summed E-state index contributed by atoms with van der Waals surface area (Å²) in [5.74, 6) is 0.150. The highest BCUT2D eigenvalue weighted by molar-refractivity contribution is 7.96. The van der Waals surface area contributed by atoms with Crippen LogP contribution in [0.4, 0.5) is 0 Å². The molecular formula is C33H30O4PS+. The Morgan fingerprint density at radius 2 is 0.846 bits per heavy atom. The van der Waals surface area contributed by atoms with Gasteiger partial charge >= 0.3 is 0 Å². The largest absolute Gasteiger partial charge is 0.289 e. The summed E-state index contributed by atoms with van der Waals surface area (Å²) in [7, 11) is -6.12. The minimum atomic E-state index is -3.67. The van der Waals surface area contributed by atoms with Gasteiger partial charge in [-0.2, -0.15) is 8.42 Å². The standard InChI is InChI=1S/C32H26OP.CH4O3S/c33-31(26-16-6-1-7-17-26)32(27-18-8-2-9-19-27)34(28-20-10-3-11-21-28,29-22-12-4-13-23-29)30-24-14-5-15-25-30;1-5(2,3)4/h1-25,32H;1H3,(H,2,3,4)/q+1;. The Balaban J connectivity index is 0.000000648. The van der Waals surface area contributed by atoms with Crippen LogP contribution in [0.3, 0.4) is 0 Å². The van der Waals surface area contributed by atoms with Gasteiger partial charge < -0.3 is 0 Å². The smallest absolute Gasteiger partial charge is 0.261 e. The van der Waals surface area contributed by atoms with Gasteiger partial charge in [0.25, 0.3) is 10.1 Å². The van der Waals surface area contributed by atoms with E-state index in [-0.39, 0.29) is 11.4 Å². The zero-order valence-corrected chi connectivity index (χ0v) is 23.2. The van der Waals surface area contributed by atoms with Crippen molar-refractivity contribution in [3.05, 3.63) is 163 Å².